The SMILES string of the molecule is Cc1cc(C)cc(Oc2cccc(C(N)=O)c2N)c1. The molecule has 0 heterocycles. The molecule has 98 valence electrons. The van der Waals surface area contributed by atoms with E-state index in [0.717, 1.165) is 11.1 Å². The number of anilines is 1. The van der Waals surface area contributed by atoms with Gasteiger partial charge in [-0.1, -0.05) is 12.1 Å². The van der Waals surface area contributed by atoms with Crippen LogP contribution < -0.4 is 16.2 Å². The summed E-state index contributed by atoms with van der Waals surface area (Å²) in [5, 5.41) is 0. The van der Waals surface area contributed by atoms with E-state index in [-0.39, 0.29) is 11.3 Å². The Kier molecular flexibility index (Phi) is 3.42. The first-order valence-electron chi connectivity index (χ1n) is 5.92. The standard InChI is InChI=1S/C15H16N2O2/c1-9-6-10(2)8-11(7-9)19-13-5-3-4-12(14(13)16)15(17)18/h3-8H,16H2,1-2H3,(H2,17,18). The topological polar surface area (TPSA) is 78.3 Å². The van der Waals surface area contributed by atoms with Gasteiger partial charge in [0.2, 0.25) is 0 Å². The molecule has 4 heteroatoms. The zero-order valence-electron chi connectivity index (χ0n) is 10.9. The lowest BCUT2D eigenvalue weighted by Crippen LogP contribution is -2.13. The summed E-state index contributed by atoms with van der Waals surface area (Å²) in [7, 11) is 0. The molecule has 0 aliphatic rings. The van der Waals surface area contributed by atoms with E-state index in [0.29, 0.717) is 11.5 Å². The average molecular weight is 256 g/mol. The third kappa shape index (κ3) is 2.85. The number of hydrogen-bond acceptors (Lipinski definition) is 3. The lowest BCUT2D eigenvalue weighted by molar-refractivity contribution is 0.100. The van der Waals surface area contributed by atoms with E-state index in [1.54, 1.807) is 18.2 Å². The van der Waals surface area contributed by atoms with E-state index in [9.17, 15) is 4.79 Å². The van der Waals surface area contributed by atoms with Crippen LogP contribution in [0.2, 0.25) is 0 Å². The van der Waals surface area contributed by atoms with Gasteiger partial charge < -0.3 is 16.2 Å². The maximum absolute atomic E-state index is 11.2. The third-order valence-electron chi connectivity index (χ3n) is 2.75. The van der Waals surface area contributed by atoms with Crippen molar-refractivity contribution < 1.29 is 9.53 Å². The first-order valence-corrected chi connectivity index (χ1v) is 5.92. The number of rotatable bonds is 3. The van der Waals surface area contributed by atoms with Crippen molar-refractivity contribution in [3.63, 3.8) is 0 Å². The monoisotopic (exact) mass is 256 g/mol. The van der Waals surface area contributed by atoms with Crippen LogP contribution in [0.3, 0.4) is 0 Å². The molecule has 0 fully saturated rings. The number of carbonyl (C=O) groups excluding carboxylic acids is 1. The van der Waals surface area contributed by atoms with Gasteiger partial charge in [-0.25, -0.2) is 0 Å². The average Bonchev–Trinajstić information content (AvgIpc) is 2.30. The zero-order chi connectivity index (χ0) is 14.0. The van der Waals surface area contributed by atoms with Gasteiger partial charge in [-0.05, 0) is 49.2 Å². The fraction of sp³-hybridized carbons (Fsp3) is 0.133. The summed E-state index contributed by atoms with van der Waals surface area (Å²) in [6.45, 7) is 3.98. The Bertz CT molecular complexity index is 616. The van der Waals surface area contributed by atoms with Crippen molar-refractivity contribution in [1.82, 2.24) is 0 Å². The summed E-state index contributed by atoms with van der Waals surface area (Å²) in [6.07, 6.45) is 0. The van der Waals surface area contributed by atoms with Crippen LogP contribution in [0.25, 0.3) is 0 Å². The smallest absolute Gasteiger partial charge is 0.250 e. The van der Waals surface area contributed by atoms with Gasteiger partial charge in [-0.2, -0.15) is 0 Å². The molecule has 2 aromatic rings. The molecule has 0 saturated heterocycles. The van der Waals surface area contributed by atoms with Crippen LogP contribution in [-0.2, 0) is 0 Å². The zero-order valence-corrected chi connectivity index (χ0v) is 10.9. The van der Waals surface area contributed by atoms with Crippen molar-refractivity contribution in [3.8, 4) is 11.5 Å². The Balaban J connectivity index is 2.38. The van der Waals surface area contributed by atoms with Gasteiger partial charge in [0.25, 0.3) is 5.91 Å². The minimum absolute atomic E-state index is 0.258. The predicted molar refractivity (Wildman–Crippen MR) is 75.4 cm³/mol. The van der Waals surface area contributed by atoms with Crippen molar-refractivity contribution in [2.24, 2.45) is 5.73 Å². The molecule has 4 nitrogen and oxygen atoms in total. The molecule has 0 aliphatic heterocycles. The van der Waals surface area contributed by atoms with Crippen molar-refractivity contribution in [1.29, 1.82) is 0 Å². The highest BCUT2D eigenvalue weighted by Crippen LogP contribution is 2.30. The molecular weight excluding hydrogens is 240 g/mol. The second-order valence-corrected chi connectivity index (χ2v) is 4.51. The van der Waals surface area contributed by atoms with Crippen molar-refractivity contribution in [3.05, 3.63) is 53.1 Å². The number of hydrogen-bond donors (Lipinski definition) is 2. The Morgan fingerprint density at radius 2 is 1.74 bits per heavy atom. The van der Waals surface area contributed by atoms with Crippen LogP contribution in [0.5, 0.6) is 11.5 Å². The fourth-order valence-corrected chi connectivity index (χ4v) is 1.97. The molecule has 0 radical (unpaired) electrons. The van der Waals surface area contributed by atoms with Crippen LogP contribution in [0.4, 0.5) is 5.69 Å². The molecular formula is C15H16N2O2. The Hall–Kier alpha value is -2.49. The normalized spacial score (nSPS) is 10.2. The van der Waals surface area contributed by atoms with E-state index < -0.39 is 5.91 Å². The lowest BCUT2D eigenvalue weighted by Gasteiger charge is -2.11. The van der Waals surface area contributed by atoms with Gasteiger partial charge in [0.05, 0.1) is 11.3 Å². The van der Waals surface area contributed by atoms with Crippen molar-refractivity contribution in [2.75, 3.05) is 5.73 Å². The third-order valence-corrected chi connectivity index (χ3v) is 2.75. The van der Waals surface area contributed by atoms with E-state index in [1.165, 1.54) is 0 Å². The molecule has 0 unspecified atom stereocenters. The van der Waals surface area contributed by atoms with Crippen molar-refractivity contribution >= 4 is 11.6 Å². The van der Waals surface area contributed by atoms with Crippen LogP contribution in [0, 0.1) is 13.8 Å². The minimum atomic E-state index is -0.566. The lowest BCUT2D eigenvalue weighted by atomic mass is 10.1. The number of carbonyl (C=O) groups is 1. The van der Waals surface area contributed by atoms with Gasteiger partial charge >= 0.3 is 0 Å². The molecule has 2 aromatic carbocycles. The Labute approximate surface area is 112 Å². The number of aryl methyl sites for hydroxylation is 2. The van der Waals surface area contributed by atoms with Gasteiger partial charge in [0.1, 0.15) is 5.75 Å². The number of nitrogens with two attached hydrogens (primary N) is 2. The molecule has 0 aliphatic carbocycles. The number of nitrogen functional groups attached to an aromatic ring is 1. The number of benzene rings is 2. The number of primary amides is 1. The molecule has 1 amide bonds. The van der Waals surface area contributed by atoms with E-state index in [1.807, 2.05) is 26.0 Å². The Morgan fingerprint density at radius 1 is 1.11 bits per heavy atom. The van der Waals surface area contributed by atoms with Gasteiger partial charge in [-0.3, -0.25) is 4.79 Å². The molecule has 0 saturated carbocycles. The van der Waals surface area contributed by atoms with Crippen LogP contribution in [0.1, 0.15) is 21.5 Å². The Morgan fingerprint density at radius 3 is 2.32 bits per heavy atom. The van der Waals surface area contributed by atoms with E-state index >= 15 is 0 Å². The fourth-order valence-electron chi connectivity index (χ4n) is 1.97. The number of amides is 1. The molecule has 0 aromatic heterocycles. The predicted octanol–water partition coefficient (Wildman–Crippen LogP) is 2.78. The number of para-hydroxylation sites is 1. The van der Waals surface area contributed by atoms with Crippen molar-refractivity contribution in [2.45, 2.75) is 13.8 Å². The molecule has 0 atom stereocenters. The maximum atomic E-state index is 11.2. The summed E-state index contributed by atoms with van der Waals surface area (Å²) >= 11 is 0. The molecule has 19 heavy (non-hydrogen) atoms. The van der Waals surface area contributed by atoms with Gasteiger partial charge in [0.15, 0.2) is 5.75 Å². The minimum Gasteiger partial charge on any atom is -0.455 e. The molecule has 2 rings (SSSR count). The number of ether oxygens (including phenoxy) is 1. The second kappa shape index (κ2) is 5.02. The second-order valence-electron chi connectivity index (χ2n) is 4.51. The first kappa shape index (κ1) is 13.0. The summed E-state index contributed by atoms with van der Waals surface area (Å²) in [5.41, 5.74) is 13.9. The summed E-state index contributed by atoms with van der Waals surface area (Å²) < 4.78 is 5.73. The van der Waals surface area contributed by atoms with E-state index in [2.05, 4.69) is 6.07 Å². The molecule has 0 bridgehead atoms. The molecule has 4 N–H and O–H groups in total. The highest BCUT2D eigenvalue weighted by Gasteiger charge is 2.11. The van der Waals surface area contributed by atoms with Crippen LogP contribution >= 0.6 is 0 Å². The summed E-state index contributed by atoms with van der Waals surface area (Å²) in [6, 6.07) is 10.8. The largest absolute Gasteiger partial charge is 0.455 e. The van der Waals surface area contributed by atoms with Gasteiger partial charge in [0, 0.05) is 0 Å². The first-order chi connectivity index (χ1) is 8.97. The van der Waals surface area contributed by atoms with Crippen LogP contribution in [0.15, 0.2) is 36.4 Å². The van der Waals surface area contributed by atoms with Crippen LogP contribution in [-0.4, -0.2) is 5.91 Å². The highest BCUT2D eigenvalue weighted by molar-refractivity contribution is 5.99. The van der Waals surface area contributed by atoms with E-state index in [4.69, 9.17) is 16.2 Å². The highest BCUT2D eigenvalue weighted by atomic mass is 16.5. The summed E-state index contributed by atoms with van der Waals surface area (Å²) in [5.74, 6) is 0.551. The quantitative estimate of drug-likeness (QED) is 0.829. The molecule has 0 spiro atoms. The van der Waals surface area contributed by atoms with Gasteiger partial charge in [-0.15, -0.1) is 0 Å². The summed E-state index contributed by atoms with van der Waals surface area (Å²) in [4.78, 5) is 11.2. The maximum Gasteiger partial charge on any atom is 0.250 e.